The van der Waals surface area contributed by atoms with Gasteiger partial charge in [0.25, 0.3) is 0 Å². The minimum Gasteiger partial charge on any atom is -0.492 e. The molecule has 0 bridgehead atoms. The summed E-state index contributed by atoms with van der Waals surface area (Å²) < 4.78 is 4.84. The van der Waals surface area contributed by atoms with E-state index in [-0.39, 0.29) is 12.3 Å². The number of aryl methyl sites for hydroxylation is 1. The lowest BCUT2D eigenvalue weighted by molar-refractivity contribution is 0.0515. The molecule has 98 valence electrons. The van der Waals surface area contributed by atoms with Crippen molar-refractivity contribution in [3.05, 3.63) is 41.7 Å². The molecule has 0 atom stereocenters. The van der Waals surface area contributed by atoms with E-state index in [9.17, 15) is 9.90 Å². The summed E-state index contributed by atoms with van der Waals surface area (Å²) in [6.07, 6.45) is 0. The van der Waals surface area contributed by atoms with Crippen molar-refractivity contribution < 1.29 is 14.6 Å². The lowest BCUT2D eigenvalue weighted by Gasteiger charge is -2.08. The molecule has 0 amide bonds. The van der Waals surface area contributed by atoms with Crippen LogP contribution in [0.4, 0.5) is 0 Å². The normalized spacial score (nSPS) is 10.2. The van der Waals surface area contributed by atoms with Gasteiger partial charge in [0.2, 0.25) is 11.6 Å². The van der Waals surface area contributed by atoms with Crippen LogP contribution in [0.5, 0.6) is 5.88 Å². The first-order chi connectivity index (χ1) is 9.13. The van der Waals surface area contributed by atoms with E-state index in [2.05, 4.69) is 9.97 Å². The third-order valence-corrected chi connectivity index (χ3v) is 2.57. The summed E-state index contributed by atoms with van der Waals surface area (Å²) in [5, 5.41) is 9.69. The fraction of sp³-hybridized carbons (Fsp3) is 0.214. The van der Waals surface area contributed by atoms with Crippen LogP contribution >= 0.6 is 0 Å². The van der Waals surface area contributed by atoms with Crippen LogP contribution in [0.15, 0.2) is 30.3 Å². The van der Waals surface area contributed by atoms with E-state index >= 15 is 0 Å². The van der Waals surface area contributed by atoms with Crippen molar-refractivity contribution in [2.75, 3.05) is 6.61 Å². The monoisotopic (exact) mass is 258 g/mol. The second kappa shape index (κ2) is 5.48. The number of carbonyl (C=O) groups excluding carboxylic acids is 1. The Bertz CT molecular complexity index is 597. The lowest BCUT2D eigenvalue weighted by atomic mass is 10.1. The number of esters is 1. The molecule has 0 saturated carbocycles. The Hall–Kier alpha value is -2.43. The quantitative estimate of drug-likeness (QED) is 0.855. The summed E-state index contributed by atoms with van der Waals surface area (Å²) in [5.41, 5.74) is 1.78. The molecule has 0 radical (unpaired) electrons. The number of benzene rings is 1. The number of hydrogen-bond donors (Lipinski definition) is 1. The van der Waals surface area contributed by atoms with E-state index in [0.29, 0.717) is 11.4 Å². The highest BCUT2D eigenvalue weighted by atomic mass is 16.5. The van der Waals surface area contributed by atoms with Crippen LogP contribution in [0.1, 0.15) is 23.1 Å². The molecule has 0 unspecified atom stereocenters. The lowest BCUT2D eigenvalue weighted by Crippen LogP contribution is -2.10. The zero-order valence-corrected chi connectivity index (χ0v) is 10.8. The fourth-order valence-electron chi connectivity index (χ4n) is 1.71. The predicted octanol–water partition coefficient (Wildman–Crippen LogP) is 2.33. The minimum atomic E-state index is -0.676. The average molecular weight is 258 g/mol. The number of rotatable bonds is 3. The molecular formula is C14H14N2O3. The highest BCUT2D eigenvalue weighted by molar-refractivity contribution is 5.90. The van der Waals surface area contributed by atoms with E-state index in [1.165, 1.54) is 0 Å². The van der Waals surface area contributed by atoms with Gasteiger partial charge >= 0.3 is 5.97 Å². The van der Waals surface area contributed by atoms with Crippen molar-refractivity contribution in [2.45, 2.75) is 13.8 Å². The van der Waals surface area contributed by atoms with Gasteiger partial charge in [-0.25, -0.2) is 14.8 Å². The molecule has 1 heterocycles. The van der Waals surface area contributed by atoms with Crippen LogP contribution in [-0.4, -0.2) is 27.7 Å². The molecule has 0 spiro atoms. The summed E-state index contributed by atoms with van der Waals surface area (Å²) in [6.45, 7) is 3.63. The Labute approximate surface area is 110 Å². The van der Waals surface area contributed by atoms with Gasteiger partial charge in [0.05, 0.1) is 18.0 Å². The fourth-order valence-corrected chi connectivity index (χ4v) is 1.71. The molecule has 0 aliphatic carbocycles. The van der Waals surface area contributed by atoms with Crippen molar-refractivity contribution in [1.29, 1.82) is 0 Å². The second-order valence-corrected chi connectivity index (χ2v) is 3.92. The van der Waals surface area contributed by atoms with Crippen molar-refractivity contribution in [2.24, 2.45) is 0 Å². The van der Waals surface area contributed by atoms with Crippen LogP contribution < -0.4 is 0 Å². The Balaban J connectivity index is 2.51. The number of ether oxygens (including phenoxy) is 1. The van der Waals surface area contributed by atoms with Crippen LogP contribution in [0, 0.1) is 6.92 Å². The van der Waals surface area contributed by atoms with E-state index in [4.69, 9.17) is 4.74 Å². The van der Waals surface area contributed by atoms with E-state index in [0.717, 1.165) is 5.56 Å². The van der Waals surface area contributed by atoms with Gasteiger partial charge in [0.1, 0.15) is 0 Å². The molecule has 19 heavy (non-hydrogen) atoms. The summed E-state index contributed by atoms with van der Waals surface area (Å²) >= 11 is 0. The first kappa shape index (κ1) is 13.0. The molecule has 5 heteroatoms. The number of nitrogens with zero attached hydrogens (tertiary/aromatic N) is 2. The number of aromatic nitrogens is 2. The minimum absolute atomic E-state index is 0.161. The largest absolute Gasteiger partial charge is 0.492 e. The van der Waals surface area contributed by atoms with Crippen LogP contribution in [0.2, 0.25) is 0 Å². The third kappa shape index (κ3) is 2.70. The molecule has 0 aliphatic heterocycles. The zero-order chi connectivity index (χ0) is 13.8. The standard InChI is InChI=1S/C14H14N2O3/c1-3-19-14(18)12-13(17)15-9(2)11(16-12)10-7-5-4-6-8-10/h4-8H,3H2,1-2H3,(H,15,17). The molecule has 0 fully saturated rings. The maximum atomic E-state index is 11.7. The molecule has 0 saturated heterocycles. The van der Waals surface area contributed by atoms with Crippen LogP contribution in [0.3, 0.4) is 0 Å². The molecular weight excluding hydrogens is 244 g/mol. The molecule has 2 aromatic rings. The van der Waals surface area contributed by atoms with Crippen LogP contribution in [0.25, 0.3) is 11.3 Å². The van der Waals surface area contributed by atoms with Gasteiger partial charge in [-0.2, -0.15) is 0 Å². The molecule has 1 N–H and O–H groups in total. The Morgan fingerprint density at radius 1 is 1.26 bits per heavy atom. The Kier molecular flexibility index (Phi) is 3.75. The van der Waals surface area contributed by atoms with Crippen molar-refractivity contribution >= 4 is 5.97 Å². The highest BCUT2D eigenvalue weighted by Gasteiger charge is 2.19. The average Bonchev–Trinajstić information content (AvgIpc) is 2.40. The van der Waals surface area contributed by atoms with Gasteiger partial charge in [-0.3, -0.25) is 0 Å². The molecule has 0 aliphatic rings. The second-order valence-electron chi connectivity index (χ2n) is 3.92. The number of carbonyl (C=O) groups is 1. The summed E-state index contributed by atoms with van der Waals surface area (Å²) in [5.74, 6) is -1.08. The Morgan fingerprint density at radius 3 is 2.58 bits per heavy atom. The number of hydrogen-bond acceptors (Lipinski definition) is 5. The summed E-state index contributed by atoms with van der Waals surface area (Å²) in [7, 11) is 0. The molecule has 5 nitrogen and oxygen atoms in total. The Morgan fingerprint density at radius 2 is 1.95 bits per heavy atom. The number of aromatic hydroxyl groups is 1. The van der Waals surface area contributed by atoms with Crippen molar-refractivity contribution in [3.8, 4) is 17.1 Å². The van der Waals surface area contributed by atoms with Gasteiger partial charge in [-0.15, -0.1) is 0 Å². The van der Waals surface area contributed by atoms with E-state index in [1.54, 1.807) is 13.8 Å². The molecule has 1 aromatic carbocycles. The maximum Gasteiger partial charge on any atom is 0.362 e. The SMILES string of the molecule is CCOC(=O)c1nc(-c2ccccc2)c(C)nc1O. The molecule has 1 aromatic heterocycles. The van der Waals surface area contributed by atoms with E-state index < -0.39 is 11.8 Å². The van der Waals surface area contributed by atoms with E-state index in [1.807, 2.05) is 30.3 Å². The first-order valence-corrected chi connectivity index (χ1v) is 5.93. The van der Waals surface area contributed by atoms with Gasteiger partial charge in [-0.05, 0) is 13.8 Å². The first-order valence-electron chi connectivity index (χ1n) is 5.93. The third-order valence-electron chi connectivity index (χ3n) is 2.57. The zero-order valence-electron chi connectivity index (χ0n) is 10.8. The predicted molar refractivity (Wildman–Crippen MR) is 69.8 cm³/mol. The van der Waals surface area contributed by atoms with Gasteiger partial charge in [-0.1, -0.05) is 30.3 Å². The van der Waals surface area contributed by atoms with Crippen LogP contribution in [-0.2, 0) is 4.74 Å². The summed E-state index contributed by atoms with van der Waals surface area (Å²) in [6, 6.07) is 9.35. The van der Waals surface area contributed by atoms with Crippen molar-refractivity contribution in [1.82, 2.24) is 9.97 Å². The maximum absolute atomic E-state index is 11.7. The molecule has 2 rings (SSSR count). The topological polar surface area (TPSA) is 72.3 Å². The van der Waals surface area contributed by atoms with Gasteiger partial charge < -0.3 is 9.84 Å². The van der Waals surface area contributed by atoms with Gasteiger partial charge in [0, 0.05) is 5.56 Å². The van der Waals surface area contributed by atoms with Crippen molar-refractivity contribution in [3.63, 3.8) is 0 Å². The van der Waals surface area contributed by atoms with Gasteiger partial charge in [0.15, 0.2) is 0 Å². The smallest absolute Gasteiger partial charge is 0.362 e. The highest BCUT2D eigenvalue weighted by Crippen LogP contribution is 2.23. The summed E-state index contributed by atoms with van der Waals surface area (Å²) in [4.78, 5) is 19.8.